The van der Waals surface area contributed by atoms with E-state index in [1.54, 1.807) is 0 Å². The molecule has 0 atom stereocenters. The summed E-state index contributed by atoms with van der Waals surface area (Å²) in [6.07, 6.45) is 4.09. The van der Waals surface area contributed by atoms with E-state index in [1.807, 2.05) is 22.7 Å². The quantitative estimate of drug-likeness (QED) is 0.689. The number of imidazole rings is 1. The molecule has 21 heavy (non-hydrogen) atoms. The third kappa shape index (κ3) is 2.81. The number of fused-ring (bicyclic) bond motifs is 1. The number of halogens is 1. The third-order valence-corrected chi connectivity index (χ3v) is 4.18. The van der Waals surface area contributed by atoms with Gasteiger partial charge in [-0.3, -0.25) is 0 Å². The summed E-state index contributed by atoms with van der Waals surface area (Å²) in [4.78, 5) is 7.01. The van der Waals surface area contributed by atoms with Crippen molar-refractivity contribution in [3.8, 4) is 11.3 Å². The van der Waals surface area contributed by atoms with Gasteiger partial charge in [-0.25, -0.2) is 4.98 Å². The molecular weight excluding hydrogens is 326 g/mol. The second kappa shape index (κ2) is 5.90. The largest absolute Gasteiger partial charge is 0.372 e. The molecule has 0 aliphatic heterocycles. The van der Waals surface area contributed by atoms with Gasteiger partial charge >= 0.3 is 0 Å². The number of hydrogen-bond donors (Lipinski definition) is 0. The molecule has 0 amide bonds. The van der Waals surface area contributed by atoms with E-state index < -0.39 is 0 Å². The van der Waals surface area contributed by atoms with E-state index in [0.29, 0.717) is 0 Å². The maximum atomic E-state index is 4.67. The lowest BCUT2D eigenvalue weighted by Crippen LogP contribution is -2.21. The van der Waals surface area contributed by atoms with Gasteiger partial charge in [0.15, 0.2) is 0 Å². The fraction of sp³-hybridized carbons (Fsp3) is 0.235. The van der Waals surface area contributed by atoms with Crippen LogP contribution in [0.4, 0.5) is 5.69 Å². The molecule has 108 valence electrons. The Balaban J connectivity index is 1.95. The van der Waals surface area contributed by atoms with Crippen molar-refractivity contribution >= 4 is 27.3 Å². The Kier molecular flexibility index (Phi) is 3.97. The number of nitrogens with zero attached hydrogens (tertiary/aromatic N) is 3. The van der Waals surface area contributed by atoms with Crippen molar-refractivity contribution in [1.82, 2.24) is 9.38 Å². The van der Waals surface area contributed by atoms with E-state index in [1.165, 1.54) is 5.69 Å². The van der Waals surface area contributed by atoms with Crippen LogP contribution in [0.2, 0.25) is 0 Å². The average Bonchev–Trinajstić information content (AvgIpc) is 2.92. The summed E-state index contributed by atoms with van der Waals surface area (Å²) < 4.78 is 3.09. The number of hydrogen-bond acceptors (Lipinski definition) is 2. The Morgan fingerprint density at radius 2 is 1.71 bits per heavy atom. The van der Waals surface area contributed by atoms with Crippen molar-refractivity contribution in [2.45, 2.75) is 13.8 Å². The summed E-state index contributed by atoms with van der Waals surface area (Å²) >= 11 is 3.49. The van der Waals surface area contributed by atoms with Crippen LogP contribution >= 0.6 is 15.9 Å². The molecule has 0 aliphatic carbocycles. The van der Waals surface area contributed by atoms with E-state index in [4.69, 9.17) is 0 Å². The average molecular weight is 344 g/mol. The minimum absolute atomic E-state index is 0.959. The van der Waals surface area contributed by atoms with E-state index >= 15 is 0 Å². The number of benzene rings is 1. The molecule has 0 saturated carbocycles. The highest BCUT2D eigenvalue weighted by Crippen LogP contribution is 2.23. The second-order valence-electron chi connectivity index (χ2n) is 4.96. The van der Waals surface area contributed by atoms with Gasteiger partial charge in [-0.1, -0.05) is 12.1 Å². The lowest BCUT2D eigenvalue weighted by Gasteiger charge is -2.20. The zero-order chi connectivity index (χ0) is 14.8. The molecule has 3 aromatic rings. The van der Waals surface area contributed by atoms with Gasteiger partial charge in [0.1, 0.15) is 5.65 Å². The molecule has 0 saturated heterocycles. The van der Waals surface area contributed by atoms with Crippen molar-refractivity contribution in [3.63, 3.8) is 0 Å². The molecule has 3 nitrogen and oxygen atoms in total. The van der Waals surface area contributed by atoms with Crippen LogP contribution in [0.3, 0.4) is 0 Å². The Morgan fingerprint density at radius 1 is 1.00 bits per heavy atom. The fourth-order valence-electron chi connectivity index (χ4n) is 2.54. The zero-order valence-electron chi connectivity index (χ0n) is 12.3. The Labute approximate surface area is 133 Å². The van der Waals surface area contributed by atoms with Crippen molar-refractivity contribution in [2.75, 3.05) is 18.0 Å². The molecule has 0 aliphatic rings. The maximum Gasteiger partial charge on any atom is 0.137 e. The highest BCUT2D eigenvalue weighted by molar-refractivity contribution is 9.10. The van der Waals surface area contributed by atoms with Crippen molar-refractivity contribution in [3.05, 3.63) is 53.3 Å². The van der Waals surface area contributed by atoms with Gasteiger partial charge in [0.2, 0.25) is 0 Å². The predicted molar refractivity (Wildman–Crippen MR) is 91.9 cm³/mol. The van der Waals surface area contributed by atoms with Gasteiger partial charge in [0, 0.05) is 41.2 Å². The molecule has 3 rings (SSSR count). The van der Waals surface area contributed by atoms with Crippen LogP contribution in [-0.2, 0) is 0 Å². The minimum atomic E-state index is 0.959. The van der Waals surface area contributed by atoms with Gasteiger partial charge in [-0.15, -0.1) is 0 Å². The standard InChI is InChI=1S/C17H18BrN3/c1-3-20(4-2)15-8-5-13(6-9-15)16-12-21-11-14(18)7-10-17(21)19-16/h5-12H,3-4H2,1-2H3. The highest BCUT2D eigenvalue weighted by atomic mass is 79.9. The van der Waals surface area contributed by atoms with Gasteiger partial charge < -0.3 is 9.30 Å². The number of aromatic nitrogens is 2. The van der Waals surface area contributed by atoms with E-state index in [0.717, 1.165) is 34.5 Å². The SMILES string of the molecule is CCN(CC)c1ccc(-c2cn3cc(Br)ccc3n2)cc1. The van der Waals surface area contributed by atoms with E-state index in [9.17, 15) is 0 Å². The molecule has 0 spiro atoms. The molecule has 2 heterocycles. The molecule has 0 fully saturated rings. The van der Waals surface area contributed by atoms with Crippen LogP contribution in [0.1, 0.15) is 13.8 Å². The van der Waals surface area contributed by atoms with Gasteiger partial charge in [-0.05, 0) is 54.0 Å². The van der Waals surface area contributed by atoms with Crippen LogP contribution in [-0.4, -0.2) is 22.5 Å². The molecule has 0 N–H and O–H groups in total. The fourth-order valence-corrected chi connectivity index (χ4v) is 2.89. The van der Waals surface area contributed by atoms with Gasteiger partial charge in [0.25, 0.3) is 0 Å². The first kappa shape index (κ1) is 14.1. The smallest absolute Gasteiger partial charge is 0.137 e. The molecule has 2 aromatic heterocycles. The molecule has 1 aromatic carbocycles. The van der Waals surface area contributed by atoms with Crippen LogP contribution in [0.15, 0.2) is 53.3 Å². The summed E-state index contributed by atoms with van der Waals surface area (Å²) in [5.74, 6) is 0. The summed E-state index contributed by atoms with van der Waals surface area (Å²) in [5, 5.41) is 0. The lowest BCUT2D eigenvalue weighted by atomic mass is 10.1. The maximum absolute atomic E-state index is 4.67. The summed E-state index contributed by atoms with van der Waals surface area (Å²) in [6, 6.07) is 12.6. The summed E-state index contributed by atoms with van der Waals surface area (Å²) in [7, 11) is 0. The Bertz CT molecular complexity index is 742. The summed E-state index contributed by atoms with van der Waals surface area (Å²) in [6.45, 7) is 6.41. The second-order valence-corrected chi connectivity index (χ2v) is 5.87. The van der Waals surface area contributed by atoms with Crippen LogP contribution in [0.25, 0.3) is 16.9 Å². The van der Waals surface area contributed by atoms with Crippen molar-refractivity contribution in [2.24, 2.45) is 0 Å². The van der Waals surface area contributed by atoms with Crippen LogP contribution in [0.5, 0.6) is 0 Å². The molecular formula is C17H18BrN3. The topological polar surface area (TPSA) is 20.5 Å². The van der Waals surface area contributed by atoms with Gasteiger partial charge in [-0.2, -0.15) is 0 Å². The minimum Gasteiger partial charge on any atom is -0.372 e. The van der Waals surface area contributed by atoms with Crippen LogP contribution in [0, 0.1) is 0 Å². The van der Waals surface area contributed by atoms with Crippen LogP contribution < -0.4 is 4.90 Å². The highest BCUT2D eigenvalue weighted by Gasteiger charge is 2.06. The number of anilines is 1. The first-order chi connectivity index (χ1) is 10.2. The lowest BCUT2D eigenvalue weighted by molar-refractivity contribution is 0.866. The number of pyridine rings is 1. The van der Waals surface area contributed by atoms with Crippen molar-refractivity contribution in [1.29, 1.82) is 0 Å². The van der Waals surface area contributed by atoms with Gasteiger partial charge in [0.05, 0.1) is 5.69 Å². The first-order valence-corrected chi connectivity index (χ1v) is 8.00. The number of rotatable bonds is 4. The third-order valence-electron chi connectivity index (χ3n) is 3.71. The van der Waals surface area contributed by atoms with E-state index in [-0.39, 0.29) is 0 Å². The summed E-state index contributed by atoms with van der Waals surface area (Å²) in [5.41, 5.74) is 4.36. The van der Waals surface area contributed by atoms with E-state index in [2.05, 4.69) is 70.1 Å². The predicted octanol–water partition coefficient (Wildman–Crippen LogP) is 4.61. The van der Waals surface area contributed by atoms with Crippen molar-refractivity contribution < 1.29 is 0 Å². The molecule has 0 radical (unpaired) electrons. The Hall–Kier alpha value is -1.81. The zero-order valence-corrected chi connectivity index (χ0v) is 13.8. The Morgan fingerprint density at radius 3 is 2.38 bits per heavy atom. The first-order valence-electron chi connectivity index (χ1n) is 7.21. The molecule has 0 bridgehead atoms. The normalized spacial score (nSPS) is 11.0. The molecule has 4 heteroatoms. The monoisotopic (exact) mass is 343 g/mol. The molecule has 0 unspecified atom stereocenters.